The molecule has 58 valence electrons. The number of allylic oxidation sites excluding steroid dienone is 2. The molecule has 0 heterocycles. The van der Waals surface area contributed by atoms with Crippen LogP contribution in [0.15, 0.2) is 12.2 Å². The molecule has 0 aromatic rings. The summed E-state index contributed by atoms with van der Waals surface area (Å²) in [6.45, 7) is 3.87. The topological polar surface area (TPSA) is 9.23 Å². The summed E-state index contributed by atoms with van der Waals surface area (Å²) in [4.78, 5) is 0. The minimum absolute atomic E-state index is 0.796. The van der Waals surface area contributed by atoms with Crippen LogP contribution in [0.5, 0.6) is 0 Å². The fourth-order valence-electron chi connectivity index (χ4n) is 1.29. The van der Waals surface area contributed by atoms with Crippen molar-refractivity contribution in [2.45, 2.75) is 26.2 Å². The Kier molecular flexibility index (Phi) is 3.52. The van der Waals surface area contributed by atoms with E-state index in [-0.39, 0.29) is 0 Å². The second kappa shape index (κ2) is 4.51. The normalized spacial score (nSPS) is 25.1. The Hall–Kier alpha value is -0.300. The van der Waals surface area contributed by atoms with E-state index in [1.54, 1.807) is 0 Å². The highest BCUT2D eigenvalue weighted by atomic mass is 16.5. The highest BCUT2D eigenvalue weighted by Crippen LogP contribution is 2.17. The van der Waals surface area contributed by atoms with E-state index in [4.69, 9.17) is 4.74 Å². The lowest BCUT2D eigenvalue weighted by Gasteiger charge is -2.16. The summed E-state index contributed by atoms with van der Waals surface area (Å²) in [5.74, 6) is 0.796. The second-order valence-electron chi connectivity index (χ2n) is 2.81. The van der Waals surface area contributed by atoms with E-state index < -0.39 is 0 Å². The van der Waals surface area contributed by atoms with Crippen LogP contribution in [0.4, 0.5) is 0 Å². The summed E-state index contributed by atoms with van der Waals surface area (Å²) in [5, 5.41) is 0. The van der Waals surface area contributed by atoms with Gasteiger partial charge in [-0.15, -0.1) is 0 Å². The first-order chi connectivity index (χ1) is 4.93. The minimum Gasteiger partial charge on any atom is -0.381 e. The summed E-state index contributed by atoms with van der Waals surface area (Å²) in [7, 11) is 0. The molecule has 1 rings (SSSR count). The SMILES string of the molecule is CCOCC1CC=CCC1. The average molecular weight is 140 g/mol. The summed E-state index contributed by atoms with van der Waals surface area (Å²) < 4.78 is 5.34. The van der Waals surface area contributed by atoms with Crippen LogP contribution in [0, 0.1) is 5.92 Å². The number of ether oxygens (including phenoxy) is 1. The first-order valence-corrected chi connectivity index (χ1v) is 4.16. The fourth-order valence-corrected chi connectivity index (χ4v) is 1.29. The third-order valence-electron chi connectivity index (χ3n) is 1.94. The number of hydrogen-bond acceptors (Lipinski definition) is 1. The Labute approximate surface area is 63.1 Å². The highest BCUT2D eigenvalue weighted by molar-refractivity contribution is 4.89. The van der Waals surface area contributed by atoms with E-state index in [9.17, 15) is 0 Å². The molecule has 0 saturated heterocycles. The van der Waals surface area contributed by atoms with Crippen LogP contribution in [0.2, 0.25) is 0 Å². The van der Waals surface area contributed by atoms with Gasteiger partial charge in [0.1, 0.15) is 0 Å². The number of hydrogen-bond donors (Lipinski definition) is 0. The summed E-state index contributed by atoms with van der Waals surface area (Å²) in [5.41, 5.74) is 0. The van der Waals surface area contributed by atoms with Crippen molar-refractivity contribution in [1.29, 1.82) is 0 Å². The van der Waals surface area contributed by atoms with Crippen LogP contribution in [0.1, 0.15) is 26.2 Å². The standard InChI is InChI=1S/C9H16O/c1-2-10-8-9-6-4-3-5-7-9/h3-4,9H,2,5-8H2,1H3. The first-order valence-electron chi connectivity index (χ1n) is 4.16. The molecule has 0 radical (unpaired) electrons. The fraction of sp³-hybridized carbons (Fsp3) is 0.778. The predicted molar refractivity (Wildman–Crippen MR) is 43.0 cm³/mol. The molecule has 0 aliphatic heterocycles. The van der Waals surface area contributed by atoms with Crippen LogP contribution in [0.3, 0.4) is 0 Å². The van der Waals surface area contributed by atoms with Gasteiger partial charge in [-0.05, 0) is 32.1 Å². The first kappa shape index (κ1) is 7.80. The molecule has 1 aliphatic rings. The molecule has 10 heavy (non-hydrogen) atoms. The van der Waals surface area contributed by atoms with Gasteiger partial charge < -0.3 is 4.74 Å². The van der Waals surface area contributed by atoms with Crippen LogP contribution in [0.25, 0.3) is 0 Å². The van der Waals surface area contributed by atoms with Gasteiger partial charge in [0.05, 0.1) is 0 Å². The lowest BCUT2D eigenvalue weighted by Crippen LogP contribution is -2.10. The summed E-state index contributed by atoms with van der Waals surface area (Å²) in [6, 6.07) is 0. The van der Waals surface area contributed by atoms with Gasteiger partial charge in [0.25, 0.3) is 0 Å². The van der Waals surface area contributed by atoms with Crippen LogP contribution < -0.4 is 0 Å². The van der Waals surface area contributed by atoms with Gasteiger partial charge in [-0.1, -0.05) is 12.2 Å². The average Bonchev–Trinajstić information content (AvgIpc) is 2.03. The third-order valence-corrected chi connectivity index (χ3v) is 1.94. The van der Waals surface area contributed by atoms with E-state index in [2.05, 4.69) is 19.1 Å². The molecule has 1 nitrogen and oxygen atoms in total. The third kappa shape index (κ3) is 2.53. The van der Waals surface area contributed by atoms with Gasteiger partial charge in [-0.3, -0.25) is 0 Å². The molecule has 1 unspecified atom stereocenters. The molecule has 0 N–H and O–H groups in total. The van der Waals surface area contributed by atoms with Crippen molar-refractivity contribution in [2.24, 2.45) is 5.92 Å². The lowest BCUT2D eigenvalue weighted by molar-refractivity contribution is 0.107. The van der Waals surface area contributed by atoms with Crippen LogP contribution >= 0.6 is 0 Å². The Morgan fingerprint density at radius 1 is 1.50 bits per heavy atom. The molecule has 0 amide bonds. The lowest BCUT2D eigenvalue weighted by atomic mass is 9.95. The van der Waals surface area contributed by atoms with E-state index in [0.29, 0.717) is 0 Å². The van der Waals surface area contributed by atoms with Gasteiger partial charge in [-0.2, -0.15) is 0 Å². The number of rotatable bonds is 3. The molecule has 1 aliphatic carbocycles. The highest BCUT2D eigenvalue weighted by Gasteiger charge is 2.08. The smallest absolute Gasteiger partial charge is 0.0497 e. The van der Waals surface area contributed by atoms with E-state index >= 15 is 0 Å². The molecule has 0 saturated carbocycles. The predicted octanol–water partition coefficient (Wildman–Crippen LogP) is 2.38. The van der Waals surface area contributed by atoms with Gasteiger partial charge in [0.2, 0.25) is 0 Å². The molecule has 1 atom stereocenters. The van der Waals surface area contributed by atoms with Crippen molar-refractivity contribution < 1.29 is 4.74 Å². The van der Waals surface area contributed by atoms with Crippen molar-refractivity contribution >= 4 is 0 Å². The molecule has 0 fully saturated rings. The molecular formula is C9H16O. The maximum atomic E-state index is 5.34. The second-order valence-corrected chi connectivity index (χ2v) is 2.81. The van der Waals surface area contributed by atoms with Gasteiger partial charge >= 0.3 is 0 Å². The Morgan fingerprint density at radius 2 is 2.40 bits per heavy atom. The maximum absolute atomic E-state index is 5.34. The zero-order valence-corrected chi connectivity index (χ0v) is 6.68. The Balaban J connectivity index is 2.10. The van der Waals surface area contributed by atoms with Crippen molar-refractivity contribution in [3.05, 3.63) is 12.2 Å². The van der Waals surface area contributed by atoms with Crippen molar-refractivity contribution in [1.82, 2.24) is 0 Å². The van der Waals surface area contributed by atoms with Crippen molar-refractivity contribution in [3.63, 3.8) is 0 Å². The summed E-state index contributed by atoms with van der Waals surface area (Å²) >= 11 is 0. The molecule has 0 aromatic carbocycles. The van der Waals surface area contributed by atoms with Crippen LogP contribution in [-0.2, 0) is 4.74 Å². The zero-order valence-electron chi connectivity index (χ0n) is 6.68. The van der Waals surface area contributed by atoms with Gasteiger partial charge in [0, 0.05) is 13.2 Å². The Morgan fingerprint density at radius 3 is 3.00 bits per heavy atom. The molecule has 0 aromatic heterocycles. The van der Waals surface area contributed by atoms with Crippen molar-refractivity contribution in [3.8, 4) is 0 Å². The largest absolute Gasteiger partial charge is 0.381 e. The van der Waals surface area contributed by atoms with E-state index in [0.717, 1.165) is 19.1 Å². The van der Waals surface area contributed by atoms with Crippen LogP contribution in [-0.4, -0.2) is 13.2 Å². The van der Waals surface area contributed by atoms with Gasteiger partial charge in [-0.25, -0.2) is 0 Å². The molecular weight excluding hydrogens is 124 g/mol. The quantitative estimate of drug-likeness (QED) is 0.547. The van der Waals surface area contributed by atoms with Crippen molar-refractivity contribution in [2.75, 3.05) is 13.2 Å². The summed E-state index contributed by atoms with van der Waals surface area (Å²) in [6.07, 6.45) is 8.32. The molecule has 0 spiro atoms. The molecule has 1 heteroatoms. The maximum Gasteiger partial charge on any atom is 0.0497 e. The zero-order chi connectivity index (χ0) is 7.23. The van der Waals surface area contributed by atoms with E-state index in [1.807, 2.05) is 0 Å². The van der Waals surface area contributed by atoms with Gasteiger partial charge in [0.15, 0.2) is 0 Å². The minimum atomic E-state index is 0.796. The van der Waals surface area contributed by atoms with E-state index in [1.165, 1.54) is 19.3 Å². The monoisotopic (exact) mass is 140 g/mol. The Bertz CT molecular complexity index is 107. The molecule has 0 bridgehead atoms.